The van der Waals surface area contributed by atoms with Gasteiger partial charge in [0, 0.05) is 19.0 Å². The van der Waals surface area contributed by atoms with E-state index >= 15 is 0 Å². The summed E-state index contributed by atoms with van der Waals surface area (Å²) in [6.07, 6.45) is -0.430. The molecule has 6 nitrogen and oxygen atoms in total. The molecule has 2 unspecified atom stereocenters. The summed E-state index contributed by atoms with van der Waals surface area (Å²) >= 11 is 0. The first-order valence-corrected chi connectivity index (χ1v) is 5.28. The molecule has 6 heteroatoms. The number of aliphatic hydroxyl groups is 1. The molecule has 1 fully saturated rings. The lowest BCUT2D eigenvalue weighted by Crippen LogP contribution is -2.48. The maximum Gasteiger partial charge on any atom is 0.328 e. The Morgan fingerprint density at radius 1 is 1.50 bits per heavy atom. The molecule has 0 spiro atoms. The van der Waals surface area contributed by atoms with Crippen LogP contribution in [0.25, 0.3) is 0 Å². The molecule has 2 N–H and O–H groups in total. The van der Waals surface area contributed by atoms with Gasteiger partial charge in [-0.1, -0.05) is 0 Å². The van der Waals surface area contributed by atoms with E-state index in [0.717, 1.165) is 0 Å². The van der Waals surface area contributed by atoms with E-state index < -0.39 is 18.1 Å². The van der Waals surface area contributed by atoms with Crippen LogP contribution in [0.15, 0.2) is 0 Å². The fourth-order valence-electron chi connectivity index (χ4n) is 1.73. The lowest BCUT2D eigenvalue weighted by atomic mass is 10.2. The minimum absolute atomic E-state index is 0.0106. The molecule has 1 rings (SSSR count). The summed E-state index contributed by atoms with van der Waals surface area (Å²) in [6, 6.07) is -1.04. The average Bonchev–Trinajstić information content (AvgIpc) is 2.58. The lowest BCUT2D eigenvalue weighted by molar-refractivity contribution is -0.145. The van der Waals surface area contributed by atoms with Crippen molar-refractivity contribution in [2.45, 2.75) is 38.5 Å². The van der Waals surface area contributed by atoms with Crippen molar-refractivity contribution < 1.29 is 19.4 Å². The molecule has 0 aromatic rings. The van der Waals surface area contributed by atoms with E-state index in [0.29, 0.717) is 0 Å². The first-order valence-electron chi connectivity index (χ1n) is 5.28. The number of nitrogens with one attached hydrogen (secondary N) is 1. The number of aliphatic hydroxyl groups excluding tert-OH is 1. The van der Waals surface area contributed by atoms with Crippen molar-refractivity contribution in [1.29, 1.82) is 0 Å². The number of hydrogen-bond donors (Lipinski definition) is 2. The summed E-state index contributed by atoms with van der Waals surface area (Å²) in [6.45, 7) is 3.83. The molecule has 2 atom stereocenters. The van der Waals surface area contributed by atoms with Gasteiger partial charge in [0.1, 0.15) is 6.04 Å². The number of carbonyl (C=O) groups is 2. The number of nitrogens with zero attached hydrogens (tertiary/aromatic N) is 1. The zero-order valence-electron chi connectivity index (χ0n) is 9.77. The van der Waals surface area contributed by atoms with Gasteiger partial charge in [0.05, 0.1) is 13.2 Å². The van der Waals surface area contributed by atoms with Gasteiger partial charge in [-0.25, -0.2) is 9.59 Å². The van der Waals surface area contributed by atoms with Crippen LogP contribution in [-0.2, 0) is 9.53 Å². The Labute approximate surface area is 94.6 Å². The molecule has 1 aliphatic rings. The predicted octanol–water partition coefficient (Wildman–Crippen LogP) is -0.287. The standard InChI is InChI=1S/C10H18N2O4/c1-6(2)11-10(15)12-5-7(13)4-8(12)9(14)16-3/h6-8,13H,4-5H2,1-3H3,(H,11,15). The summed E-state index contributed by atoms with van der Waals surface area (Å²) < 4.78 is 4.60. The van der Waals surface area contributed by atoms with Gasteiger partial charge in [-0.05, 0) is 13.8 Å². The van der Waals surface area contributed by atoms with Crippen LogP contribution in [0, 0.1) is 0 Å². The van der Waals surface area contributed by atoms with Crippen molar-refractivity contribution in [3.8, 4) is 0 Å². The molecule has 1 aliphatic heterocycles. The number of carbonyl (C=O) groups excluding carboxylic acids is 2. The summed E-state index contributed by atoms with van der Waals surface area (Å²) in [5.41, 5.74) is 0. The number of urea groups is 1. The number of esters is 1. The first-order chi connectivity index (χ1) is 7.45. The van der Waals surface area contributed by atoms with Crippen LogP contribution < -0.4 is 5.32 Å². The zero-order valence-corrected chi connectivity index (χ0v) is 9.77. The Morgan fingerprint density at radius 3 is 2.62 bits per heavy atom. The predicted molar refractivity (Wildman–Crippen MR) is 56.8 cm³/mol. The molecule has 0 aromatic carbocycles. The Hall–Kier alpha value is -1.30. The van der Waals surface area contributed by atoms with Gasteiger partial charge in [-0.2, -0.15) is 0 Å². The molecule has 0 aromatic heterocycles. The average molecular weight is 230 g/mol. The third kappa shape index (κ3) is 2.85. The van der Waals surface area contributed by atoms with Crippen molar-refractivity contribution in [2.24, 2.45) is 0 Å². The second-order valence-electron chi connectivity index (χ2n) is 4.19. The molecular formula is C10H18N2O4. The maximum absolute atomic E-state index is 11.7. The zero-order chi connectivity index (χ0) is 12.3. The van der Waals surface area contributed by atoms with Gasteiger partial charge < -0.3 is 20.1 Å². The molecule has 0 radical (unpaired) electrons. The maximum atomic E-state index is 11.7. The number of amides is 2. The first kappa shape index (κ1) is 12.8. The van der Waals surface area contributed by atoms with E-state index in [1.165, 1.54) is 12.0 Å². The fourth-order valence-corrected chi connectivity index (χ4v) is 1.73. The van der Waals surface area contributed by atoms with E-state index in [2.05, 4.69) is 10.1 Å². The molecule has 1 heterocycles. The highest BCUT2D eigenvalue weighted by Gasteiger charge is 2.39. The van der Waals surface area contributed by atoms with Crippen molar-refractivity contribution in [1.82, 2.24) is 10.2 Å². The molecular weight excluding hydrogens is 212 g/mol. The molecule has 0 saturated carbocycles. The number of β-amino-alcohol motifs (C(OH)–C–C–N with tert-alkyl or cyclic N) is 1. The van der Waals surface area contributed by atoms with Crippen LogP contribution in [0.5, 0.6) is 0 Å². The topological polar surface area (TPSA) is 78.9 Å². The van der Waals surface area contributed by atoms with E-state index in [4.69, 9.17) is 0 Å². The van der Waals surface area contributed by atoms with Gasteiger partial charge in [0.15, 0.2) is 0 Å². The quantitative estimate of drug-likeness (QED) is 0.639. The second-order valence-corrected chi connectivity index (χ2v) is 4.19. The molecule has 92 valence electrons. The van der Waals surface area contributed by atoms with Crippen LogP contribution in [0.1, 0.15) is 20.3 Å². The van der Waals surface area contributed by atoms with Crippen molar-refractivity contribution in [3.05, 3.63) is 0 Å². The third-order valence-electron chi connectivity index (χ3n) is 2.43. The largest absolute Gasteiger partial charge is 0.467 e. The highest BCUT2D eigenvalue weighted by molar-refractivity contribution is 5.84. The van der Waals surface area contributed by atoms with Crippen LogP contribution in [0.4, 0.5) is 4.79 Å². The summed E-state index contributed by atoms with van der Waals surface area (Å²) in [4.78, 5) is 24.4. The number of rotatable bonds is 2. The van der Waals surface area contributed by atoms with Crippen molar-refractivity contribution in [3.63, 3.8) is 0 Å². The number of ether oxygens (including phenoxy) is 1. The smallest absolute Gasteiger partial charge is 0.328 e. The summed E-state index contributed by atoms with van der Waals surface area (Å²) in [7, 11) is 1.27. The van der Waals surface area contributed by atoms with Crippen LogP contribution in [0.3, 0.4) is 0 Å². The number of hydrogen-bond acceptors (Lipinski definition) is 4. The number of methoxy groups -OCH3 is 1. The second kappa shape index (κ2) is 5.16. The minimum atomic E-state index is -0.682. The van der Waals surface area contributed by atoms with Gasteiger partial charge in [0.25, 0.3) is 0 Å². The SMILES string of the molecule is COC(=O)C1CC(O)CN1C(=O)NC(C)C. The fraction of sp³-hybridized carbons (Fsp3) is 0.800. The Kier molecular flexibility index (Phi) is 4.12. The molecule has 16 heavy (non-hydrogen) atoms. The molecule has 0 aliphatic carbocycles. The summed E-state index contributed by atoms with van der Waals surface area (Å²) in [5, 5.41) is 12.2. The van der Waals surface area contributed by atoms with Crippen LogP contribution in [-0.4, -0.2) is 53.8 Å². The molecule has 2 amide bonds. The van der Waals surface area contributed by atoms with Crippen LogP contribution >= 0.6 is 0 Å². The lowest BCUT2D eigenvalue weighted by Gasteiger charge is -2.23. The van der Waals surface area contributed by atoms with Gasteiger partial charge in [-0.3, -0.25) is 0 Å². The van der Waals surface area contributed by atoms with Crippen molar-refractivity contribution >= 4 is 12.0 Å². The van der Waals surface area contributed by atoms with Gasteiger partial charge in [0.2, 0.25) is 0 Å². The van der Waals surface area contributed by atoms with E-state index in [-0.39, 0.29) is 25.0 Å². The molecule has 1 saturated heterocycles. The summed E-state index contributed by atoms with van der Waals surface area (Å²) in [5.74, 6) is -0.490. The highest BCUT2D eigenvalue weighted by atomic mass is 16.5. The Bertz CT molecular complexity index is 280. The Balaban J connectivity index is 2.69. The van der Waals surface area contributed by atoms with Gasteiger partial charge in [-0.15, -0.1) is 0 Å². The minimum Gasteiger partial charge on any atom is -0.467 e. The van der Waals surface area contributed by atoms with Gasteiger partial charge >= 0.3 is 12.0 Å². The number of likely N-dealkylation sites (tertiary alicyclic amines) is 1. The monoisotopic (exact) mass is 230 g/mol. The van der Waals surface area contributed by atoms with Crippen molar-refractivity contribution in [2.75, 3.05) is 13.7 Å². The normalized spacial score (nSPS) is 24.7. The molecule has 0 bridgehead atoms. The van der Waals surface area contributed by atoms with E-state index in [1.54, 1.807) is 0 Å². The highest BCUT2D eigenvalue weighted by Crippen LogP contribution is 2.19. The van der Waals surface area contributed by atoms with Crippen LogP contribution in [0.2, 0.25) is 0 Å². The third-order valence-corrected chi connectivity index (χ3v) is 2.43. The van der Waals surface area contributed by atoms with E-state index in [1.807, 2.05) is 13.8 Å². The van der Waals surface area contributed by atoms with E-state index in [9.17, 15) is 14.7 Å². The Morgan fingerprint density at radius 2 is 2.12 bits per heavy atom.